The van der Waals surface area contributed by atoms with Crippen LogP contribution in [0.4, 0.5) is 0 Å². The highest BCUT2D eigenvalue weighted by molar-refractivity contribution is 5.81. The van der Waals surface area contributed by atoms with Crippen LogP contribution in [0.5, 0.6) is 0 Å². The second kappa shape index (κ2) is 13.7. The van der Waals surface area contributed by atoms with Crippen molar-refractivity contribution in [1.82, 2.24) is 0 Å². The van der Waals surface area contributed by atoms with Crippen molar-refractivity contribution < 1.29 is 38.4 Å². The fourth-order valence-corrected chi connectivity index (χ4v) is 1.00. The summed E-state index contributed by atoms with van der Waals surface area (Å²) in [7, 11) is 1.31. The molecule has 2 aliphatic heterocycles. The first kappa shape index (κ1) is 22.3. The Morgan fingerprint density at radius 1 is 1.17 bits per heavy atom. The third-order valence-electron chi connectivity index (χ3n) is 2.41. The van der Waals surface area contributed by atoms with E-state index in [0.717, 1.165) is 38.6 Å². The Balaban J connectivity index is 0.000000340. The maximum absolute atomic E-state index is 10.3. The van der Waals surface area contributed by atoms with Crippen molar-refractivity contribution in [1.29, 1.82) is 0 Å². The van der Waals surface area contributed by atoms with Gasteiger partial charge in [0.05, 0.1) is 39.6 Å². The van der Waals surface area contributed by atoms with Crippen LogP contribution >= 0.6 is 0 Å². The Morgan fingerprint density at radius 2 is 1.62 bits per heavy atom. The molecule has 0 aromatic rings. The number of epoxide rings is 2. The zero-order chi connectivity index (χ0) is 18.4. The van der Waals surface area contributed by atoms with Gasteiger partial charge in [-0.25, -0.2) is 9.59 Å². The second-order valence-corrected chi connectivity index (χ2v) is 4.86. The monoisotopic (exact) mass is 346 g/mol. The van der Waals surface area contributed by atoms with Crippen LogP contribution in [-0.4, -0.2) is 75.5 Å². The van der Waals surface area contributed by atoms with Crippen molar-refractivity contribution in [2.24, 2.45) is 0 Å². The van der Waals surface area contributed by atoms with Crippen LogP contribution in [0, 0.1) is 0 Å². The van der Waals surface area contributed by atoms with Crippen LogP contribution in [-0.2, 0) is 33.3 Å². The Hall–Kier alpha value is -1.74. The topological polar surface area (TPSA) is 107 Å². The van der Waals surface area contributed by atoms with E-state index in [0.29, 0.717) is 12.2 Å². The first-order chi connectivity index (χ1) is 11.4. The fourth-order valence-electron chi connectivity index (χ4n) is 1.00. The number of rotatable bonds is 8. The minimum Gasteiger partial charge on any atom is -0.466 e. The van der Waals surface area contributed by atoms with Gasteiger partial charge in [-0.1, -0.05) is 13.2 Å². The number of ether oxygens (including phenoxy) is 5. The van der Waals surface area contributed by atoms with Gasteiger partial charge in [0.25, 0.3) is 0 Å². The molecule has 2 saturated heterocycles. The molecular weight excluding hydrogens is 320 g/mol. The standard InChI is InChI=1S/2C6H10O3.C4H6O2/c1(5-3-8-5)7-2-6-4-9-6;1-3-6(8)9-4-5(2)7;1-3-4(5)6-2/h5-6H,1-4H2;3,5,7H,1,4H2,2H3;3H,1H2,2H3. The molecule has 0 amide bonds. The van der Waals surface area contributed by atoms with Gasteiger partial charge in [-0.2, -0.15) is 0 Å². The molecule has 8 nitrogen and oxygen atoms in total. The highest BCUT2D eigenvalue weighted by Gasteiger charge is 2.26. The van der Waals surface area contributed by atoms with Crippen LogP contribution in [0.15, 0.2) is 25.3 Å². The van der Waals surface area contributed by atoms with E-state index in [-0.39, 0.29) is 6.61 Å². The molecular formula is C16H26O8. The van der Waals surface area contributed by atoms with E-state index in [2.05, 4.69) is 22.6 Å². The van der Waals surface area contributed by atoms with Crippen LogP contribution in [0.2, 0.25) is 0 Å². The van der Waals surface area contributed by atoms with Gasteiger partial charge in [-0.05, 0) is 6.92 Å². The number of hydrogen-bond acceptors (Lipinski definition) is 8. The number of methoxy groups -OCH3 is 1. The molecule has 8 heteroatoms. The predicted octanol–water partition coefficient (Wildman–Crippen LogP) is 0.242. The van der Waals surface area contributed by atoms with E-state index < -0.39 is 18.0 Å². The normalized spacial score (nSPS) is 20.8. The molecule has 0 aliphatic carbocycles. The first-order valence-corrected chi connectivity index (χ1v) is 7.41. The summed E-state index contributed by atoms with van der Waals surface area (Å²) in [6, 6.07) is 0. The lowest BCUT2D eigenvalue weighted by molar-refractivity contribution is -0.140. The molecule has 0 bridgehead atoms. The summed E-state index contributed by atoms with van der Waals surface area (Å²) in [5, 5.41) is 8.59. The molecule has 0 saturated carbocycles. The van der Waals surface area contributed by atoms with Crippen LogP contribution in [0.25, 0.3) is 0 Å². The van der Waals surface area contributed by atoms with E-state index in [1.165, 1.54) is 14.0 Å². The summed E-state index contributed by atoms with van der Waals surface area (Å²) in [5.41, 5.74) is 0. The van der Waals surface area contributed by atoms with Crippen LogP contribution in [0.3, 0.4) is 0 Å². The summed E-state index contributed by atoms with van der Waals surface area (Å²) in [6.07, 6.45) is 2.35. The van der Waals surface area contributed by atoms with E-state index in [4.69, 9.17) is 19.3 Å². The van der Waals surface area contributed by atoms with Crippen LogP contribution in [0.1, 0.15) is 6.92 Å². The molecule has 0 radical (unpaired) electrons. The highest BCUT2D eigenvalue weighted by atomic mass is 16.6. The molecule has 2 aliphatic rings. The van der Waals surface area contributed by atoms with Gasteiger partial charge in [0.2, 0.25) is 0 Å². The number of carbonyl (C=O) groups is 2. The molecule has 138 valence electrons. The zero-order valence-electron chi connectivity index (χ0n) is 14.1. The minimum atomic E-state index is -0.603. The second-order valence-electron chi connectivity index (χ2n) is 4.86. The van der Waals surface area contributed by atoms with Gasteiger partial charge in [-0.15, -0.1) is 0 Å². The van der Waals surface area contributed by atoms with E-state index in [1.807, 2.05) is 0 Å². The summed E-state index contributed by atoms with van der Waals surface area (Å²) >= 11 is 0. The number of aliphatic hydroxyl groups excluding tert-OH is 1. The maximum atomic E-state index is 10.3. The molecule has 0 spiro atoms. The smallest absolute Gasteiger partial charge is 0.330 e. The Kier molecular flexibility index (Phi) is 12.7. The summed E-state index contributed by atoms with van der Waals surface area (Å²) < 4.78 is 23.7. The van der Waals surface area contributed by atoms with E-state index >= 15 is 0 Å². The maximum Gasteiger partial charge on any atom is 0.330 e. The number of hydrogen-bond donors (Lipinski definition) is 1. The lowest BCUT2D eigenvalue weighted by Gasteiger charge is -2.02. The Morgan fingerprint density at radius 3 is 1.88 bits per heavy atom. The molecule has 2 heterocycles. The summed E-state index contributed by atoms with van der Waals surface area (Å²) in [4.78, 5) is 20.1. The number of esters is 2. The summed E-state index contributed by atoms with van der Waals surface area (Å²) in [5.74, 6) is -0.897. The van der Waals surface area contributed by atoms with Gasteiger partial charge >= 0.3 is 11.9 Å². The van der Waals surface area contributed by atoms with Gasteiger partial charge in [0, 0.05) is 12.2 Å². The fraction of sp³-hybridized carbons (Fsp3) is 0.625. The molecule has 2 rings (SSSR count). The van der Waals surface area contributed by atoms with Crippen LogP contribution < -0.4 is 0 Å². The summed E-state index contributed by atoms with van der Waals surface area (Å²) in [6.45, 7) is 11.2. The largest absolute Gasteiger partial charge is 0.466 e. The van der Waals surface area contributed by atoms with Gasteiger partial charge in [-0.3, -0.25) is 0 Å². The van der Waals surface area contributed by atoms with Gasteiger partial charge in [0.1, 0.15) is 18.8 Å². The molecule has 24 heavy (non-hydrogen) atoms. The van der Waals surface area contributed by atoms with Crippen molar-refractivity contribution in [3.05, 3.63) is 25.3 Å². The number of aliphatic hydroxyl groups is 1. The van der Waals surface area contributed by atoms with Gasteiger partial charge in [0.15, 0.2) is 0 Å². The number of carbonyl (C=O) groups excluding carboxylic acids is 2. The lowest BCUT2D eigenvalue weighted by Crippen LogP contribution is -2.13. The van der Waals surface area contributed by atoms with E-state index in [1.54, 1.807) is 0 Å². The SMILES string of the molecule is C(OCC1CO1)C1CO1.C=CC(=O)OC.C=CC(=O)OCC(C)O. The van der Waals surface area contributed by atoms with Crippen molar-refractivity contribution in [3.63, 3.8) is 0 Å². The highest BCUT2D eigenvalue weighted by Crippen LogP contribution is 2.12. The predicted molar refractivity (Wildman–Crippen MR) is 85.3 cm³/mol. The Labute approximate surface area is 142 Å². The lowest BCUT2D eigenvalue weighted by atomic mass is 10.4. The van der Waals surface area contributed by atoms with Crippen molar-refractivity contribution in [2.75, 3.05) is 40.1 Å². The quantitative estimate of drug-likeness (QED) is 0.378. The zero-order valence-corrected chi connectivity index (χ0v) is 14.1. The van der Waals surface area contributed by atoms with E-state index in [9.17, 15) is 9.59 Å². The van der Waals surface area contributed by atoms with Crippen molar-refractivity contribution >= 4 is 11.9 Å². The third-order valence-corrected chi connectivity index (χ3v) is 2.41. The molecule has 3 atom stereocenters. The minimum absolute atomic E-state index is 0.0326. The molecule has 0 aromatic heterocycles. The van der Waals surface area contributed by atoms with Crippen molar-refractivity contribution in [3.8, 4) is 0 Å². The third kappa shape index (κ3) is 16.6. The first-order valence-electron chi connectivity index (χ1n) is 7.41. The molecule has 3 unspecified atom stereocenters. The van der Waals surface area contributed by atoms with Crippen molar-refractivity contribution in [2.45, 2.75) is 25.2 Å². The molecule has 0 aromatic carbocycles. The molecule has 2 fully saturated rings. The molecule has 1 N–H and O–H groups in total. The Bertz CT molecular complexity index is 374. The average molecular weight is 346 g/mol. The average Bonchev–Trinajstić information content (AvgIpc) is 3.48. The van der Waals surface area contributed by atoms with Gasteiger partial charge < -0.3 is 28.8 Å².